The van der Waals surface area contributed by atoms with E-state index in [0.717, 1.165) is 22.6 Å². The van der Waals surface area contributed by atoms with Crippen LogP contribution in [0.15, 0.2) is 89.0 Å². The first-order chi connectivity index (χ1) is 17.5. The number of ether oxygens (including phenoxy) is 1. The van der Waals surface area contributed by atoms with E-state index in [9.17, 15) is 9.59 Å². The van der Waals surface area contributed by atoms with Crippen LogP contribution >= 0.6 is 23.4 Å². The number of hydrogen-bond acceptors (Lipinski definition) is 6. The Labute approximate surface area is 218 Å². The maximum absolute atomic E-state index is 12.8. The largest absolute Gasteiger partial charge is 0.497 e. The molecule has 2 atom stereocenters. The Morgan fingerprint density at radius 1 is 1.08 bits per heavy atom. The molecular formula is C27H23ClN4O3S. The van der Waals surface area contributed by atoms with Crippen LogP contribution in [0, 0.1) is 0 Å². The number of methoxy groups -OCH3 is 1. The summed E-state index contributed by atoms with van der Waals surface area (Å²) in [7, 11) is 1.63. The molecule has 2 unspecified atom stereocenters. The van der Waals surface area contributed by atoms with E-state index in [1.807, 2.05) is 66.7 Å². The lowest BCUT2D eigenvalue weighted by Gasteiger charge is -2.23. The Balaban J connectivity index is 1.36. The molecule has 9 heteroatoms. The summed E-state index contributed by atoms with van der Waals surface area (Å²) in [6.45, 7) is 0. The zero-order chi connectivity index (χ0) is 25.1. The number of thioether (sulfide) groups is 1. The molecule has 2 amide bonds. The van der Waals surface area contributed by atoms with Gasteiger partial charge >= 0.3 is 0 Å². The Hall–Kier alpha value is -3.62. The van der Waals surface area contributed by atoms with Crippen LogP contribution in [0.25, 0.3) is 0 Å². The lowest BCUT2D eigenvalue weighted by Crippen LogP contribution is -2.25. The third kappa shape index (κ3) is 5.29. The monoisotopic (exact) mass is 518 g/mol. The highest BCUT2D eigenvalue weighted by Crippen LogP contribution is 2.39. The fourth-order valence-electron chi connectivity index (χ4n) is 4.10. The number of rotatable bonds is 6. The first-order valence-corrected chi connectivity index (χ1v) is 12.7. The fourth-order valence-corrected chi connectivity index (χ4v) is 5.28. The van der Waals surface area contributed by atoms with Gasteiger partial charge < -0.3 is 10.1 Å². The van der Waals surface area contributed by atoms with Crippen molar-refractivity contribution < 1.29 is 14.3 Å². The van der Waals surface area contributed by atoms with Crippen molar-refractivity contribution in [3.05, 3.63) is 95.0 Å². The van der Waals surface area contributed by atoms with Crippen LogP contribution in [0.1, 0.15) is 30.0 Å². The summed E-state index contributed by atoms with van der Waals surface area (Å²) in [4.78, 5) is 29.6. The van der Waals surface area contributed by atoms with Crippen molar-refractivity contribution in [3.8, 4) is 5.75 Å². The maximum Gasteiger partial charge on any atom is 0.262 e. The minimum atomic E-state index is -0.602. The minimum absolute atomic E-state index is 0.0280. The number of benzene rings is 3. The number of aliphatic imine (C=N–C) groups is 1. The molecule has 2 aliphatic rings. The number of halogens is 1. The van der Waals surface area contributed by atoms with Crippen LogP contribution in [0.4, 0.5) is 5.69 Å². The summed E-state index contributed by atoms with van der Waals surface area (Å²) in [6, 6.07) is 24.3. The third-order valence-corrected chi connectivity index (χ3v) is 7.34. The molecule has 0 bridgehead atoms. The Kier molecular flexibility index (Phi) is 7.06. The predicted octanol–water partition coefficient (Wildman–Crippen LogP) is 5.53. The van der Waals surface area contributed by atoms with E-state index in [2.05, 4.69) is 10.3 Å². The highest BCUT2D eigenvalue weighted by atomic mass is 35.5. The molecule has 36 heavy (non-hydrogen) atoms. The number of amides is 2. The van der Waals surface area contributed by atoms with Gasteiger partial charge in [-0.05, 0) is 47.5 Å². The van der Waals surface area contributed by atoms with Gasteiger partial charge in [-0.2, -0.15) is 10.1 Å². The van der Waals surface area contributed by atoms with E-state index in [0.29, 0.717) is 22.3 Å². The standard InChI is InChI=1S/C27H23ClN4O3S/c1-35-21-13-9-18(10-14-21)23-15-22(17-7-11-19(28)12-8-17)31-32(23)27-30-26(34)24(36-27)16-25(33)29-20-5-3-2-4-6-20/h2-14,23-24H,15-16H2,1H3,(H,29,33). The topological polar surface area (TPSA) is 83.4 Å². The zero-order valence-electron chi connectivity index (χ0n) is 19.4. The van der Waals surface area contributed by atoms with E-state index in [4.69, 9.17) is 21.4 Å². The molecule has 2 aliphatic heterocycles. The van der Waals surface area contributed by atoms with Crippen LogP contribution in [0.3, 0.4) is 0 Å². The summed E-state index contributed by atoms with van der Waals surface area (Å²) in [5, 5.41) is 10.0. The predicted molar refractivity (Wildman–Crippen MR) is 144 cm³/mol. The molecule has 2 heterocycles. The first kappa shape index (κ1) is 24.1. The quantitative estimate of drug-likeness (QED) is 0.464. The smallest absolute Gasteiger partial charge is 0.262 e. The van der Waals surface area contributed by atoms with Crippen molar-refractivity contribution in [2.45, 2.75) is 24.1 Å². The molecule has 0 radical (unpaired) electrons. The van der Waals surface area contributed by atoms with E-state index in [1.54, 1.807) is 24.3 Å². The van der Waals surface area contributed by atoms with Crippen LogP contribution in [-0.4, -0.2) is 40.1 Å². The number of hydrazone groups is 1. The highest BCUT2D eigenvalue weighted by molar-refractivity contribution is 8.15. The van der Waals surface area contributed by atoms with Gasteiger partial charge in [-0.15, -0.1) is 0 Å². The normalized spacial score (nSPS) is 19.2. The molecule has 0 aliphatic carbocycles. The lowest BCUT2D eigenvalue weighted by molar-refractivity contribution is -0.121. The number of nitrogens with one attached hydrogen (secondary N) is 1. The fraction of sp³-hybridized carbons (Fsp3) is 0.185. The summed E-state index contributed by atoms with van der Waals surface area (Å²) in [6.07, 6.45) is 0.654. The number of amidine groups is 1. The zero-order valence-corrected chi connectivity index (χ0v) is 21.0. The first-order valence-electron chi connectivity index (χ1n) is 11.4. The van der Waals surface area contributed by atoms with Crippen molar-refractivity contribution in [1.29, 1.82) is 0 Å². The van der Waals surface area contributed by atoms with Gasteiger partial charge in [0.25, 0.3) is 5.91 Å². The van der Waals surface area contributed by atoms with Crippen LogP contribution in [0.5, 0.6) is 5.75 Å². The average molecular weight is 519 g/mol. The molecular weight excluding hydrogens is 496 g/mol. The molecule has 182 valence electrons. The molecule has 0 saturated carbocycles. The number of carbonyl (C=O) groups is 2. The van der Waals surface area contributed by atoms with Gasteiger partial charge in [-0.1, -0.05) is 65.8 Å². The van der Waals surface area contributed by atoms with Crippen LogP contribution in [0.2, 0.25) is 5.02 Å². The molecule has 3 aromatic rings. The lowest BCUT2D eigenvalue weighted by atomic mass is 9.98. The Morgan fingerprint density at radius 2 is 1.81 bits per heavy atom. The number of anilines is 1. The van der Waals surface area contributed by atoms with Gasteiger partial charge in [-0.3, -0.25) is 9.59 Å². The summed E-state index contributed by atoms with van der Waals surface area (Å²) in [5.74, 6) is 0.193. The van der Waals surface area contributed by atoms with Gasteiger partial charge in [0, 0.05) is 23.6 Å². The summed E-state index contributed by atoms with van der Waals surface area (Å²) >= 11 is 7.35. The molecule has 0 aromatic heterocycles. The summed E-state index contributed by atoms with van der Waals surface area (Å²) < 4.78 is 5.30. The van der Waals surface area contributed by atoms with E-state index in [1.165, 1.54) is 11.8 Å². The number of para-hydroxylation sites is 1. The van der Waals surface area contributed by atoms with Crippen molar-refractivity contribution in [2.75, 3.05) is 12.4 Å². The van der Waals surface area contributed by atoms with Gasteiger partial charge in [0.2, 0.25) is 5.91 Å². The number of hydrogen-bond donors (Lipinski definition) is 1. The van der Waals surface area contributed by atoms with Crippen molar-refractivity contribution in [1.82, 2.24) is 5.01 Å². The molecule has 3 aromatic carbocycles. The van der Waals surface area contributed by atoms with Crippen molar-refractivity contribution in [2.24, 2.45) is 10.1 Å². The van der Waals surface area contributed by atoms with Gasteiger partial charge in [0.1, 0.15) is 11.0 Å². The van der Waals surface area contributed by atoms with Crippen LogP contribution in [-0.2, 0) is 9.59 Å². The second-order valence-electron chi connectivity index (χ2n) is 8.35. The maximum atomic E-state index is 12.8. The molecule has 5 rings (SSSR count). The van der Waals surface area contributed by atoms with Crippen LogP contribution < -0.4 is 10.1 Å². The minimum Gasteiger partial charge on any atom is -0.497 e. The molecule has 7 nitrogen and oxygen atoms in total. The van der Waals surface area contributed by atoms with Gasteiger partial charge in [0.05, 0.1) is 18.9 Å². The van der Waals surface area contributed by atoms with Crippen molar-refractivity contribution in [3.63, 3.8) is 0 Å². The van der Waals surface area contributed by atoms with E-state index in [-0.39, 0.29) is 24.3 Å². The third-order valence-electron chi connectivity index (χ3n) is 5.94. The van der Waals surface area contributed by atoms with Gasteiger partial charge in [0.15, 0.2) is 5.17 Å². The van der Waals surface area contributed by atoms with E-state index < -0.39 is 5.25 Å². The second kappa shape index (κ2) is 10.6. The highest BCUT2D eigenvalue weighted by Gasteiger charge is 2.39. The van der Waals surface area contributed by atoms with Crippen molar-refractivity contribution >= 4 is 51.7 Å². The summed E-state index contributed by atoms with van der Waals surface area (Å²) in [5.41, 5.74) is 3.53. The average Bonchev–Trinajstić information content (AvgIpc) is 3.49. The van der Waals surface area contributed by atoms with Gasteiger partial charge in [-0.25, -0.2) is 5.01 Å². The Morgan fingerprint density at radius 3 is 2.50 bits per heavy atom. The number of carbonyl (C=O) groups excluding carboxylic acids is 2. The molecule has 0 fully saturated rings. The molecule has 1 N–H and O–H groups in total. The molecule has 0 saturated heterocycles. The number of nitrogens with zero attached hydrogens (tertiary/aromatic N) is 3. The molecule has 0 spiro atoms. The Bertz CT molecular complexity index is 1330. The second-order valence-corrected chi connectivity index (χ2v) is 9.95. The SMILES string of the molecule is COc1ccc(C2CC(c3ccc(Cl)cc3)=NN2C2=NC(=O)C(CC(=O)Nc3ccccc3)S2)cc1. The van der Waals surface area contributed by atoms with E-state index >= 15 is 0 Å².